The molecule has 24 heavy (non-hydrogen) atoms. The first kappa shape index (κ1) is 18.0. The fourth-order valence-corrected chi connectivity index (χ4v) is 2.69. The summed E-state index contributed by atoms with van der Waals surface area (Å²) in [6.45, 7) is 9.59. The smallest absolute Gasteiger partial charge is 0.315 e. The number of aromatic nitrogens is 2. The number of hydrogen-bond donors (Lipinski definition) is 2. The zero-order valence-corrected chi connectivity index (χ0v) is 15.1. The van der Waals surface area contributed by atoms with E-state index in [1.807, 2.05) is 48.9 Å². The van der Waals surface area contributed by atoms with E-state index in [0.29, 0.717) is 19.0 Å². The van der Waals surface area contributed by atoms with Crippen LogP contribution in [-0.4, -0.2) is 22.4 Å². The molecule has 0 bridgehead atoms. The second-order valence-corrected chi connectivity index (χ2v) is 6.54. The molecule has 0 aliphatic carbocycles. The van der Waals surface area contributed by atoms with Crippen LogP contribution in [0.15, 0.2) is 30.3 Å². The fourth-order valence-electron chi connectivity index (χ4n) is 2.69. The highest BCUT2D eigenvalue weighted by Crippen LogP contribution is 2.17. The quantitative estimate of drug-likeness (QED) is 0.761. The van der Waals surface area contributed by atoms with Crippen molar-refractivity contribution >= 4 is 6.03 Å². The van der Waals surface area contributed by atoms with E-state index in [1.54, 1.807) is 0 Å². The van der Waals surface area contributed by atoms with Gasteiger partial charge in [-0.05, 0) is 44.7 Å². The lowest BCUT2D eigenvalue weighted by Crippen LogP contribution is -2.35. The van der Waals surface area contributed by atoms with E-state index < -0.39 is 0 Å². The lowest BCUT2D eigenvalue weighted by molar-refractivity contribution is 0.240. The number of amides is 2. The molecule has 0 saturated heterocycles. The van der Waals surface area contributed by atoms with Crippen LogP contribution < -0.4 is 10.6 Å². The van der Waals surface area contributed by atoms with Crippen LogP contribution in [0.25, 0.3) is 5.69 Å². The average Bonchev–Trinajstić information content (AvgIpc) is 2.85. The second kappa shape index (κ2) is 8.52. The van der Waals surface area contributed by atoms with Crippen LogP contribution in [0.1, 0.15) is 43.6 Å². The topological polar surface area (TPSA) is 59.0 Å². The molecule has 2 N–H and O–H groups in total. The van der Waals surface area contributed by atoms with Gasteiger partial charge in [-0.2, -0.15) is 5.10 Å². The first-order valence-electron chi connectivity index (χ1n) is 8.61. The van der Waals surface area contributed by atoms with Crippen LogP contribution in [0.5, 0.6) is 0 Å². The van der Waals surface area contributed by atoms with Crippen LogP contribution in [-0.2, 0) is 6.54 Å². The number of rotatable bonds is 7. The van der Waals surface area contributed by atoms with Crippen LogP contribution in [0.3, 0.4) is 0 Å². The Bertz CT molecular complexity index is 662. The summed E-state index contributed by atoms with van der Waals surface area (Å²) in [5.74, 6) is 0.670. The number of hydrogen-bond acceptors (Lipinski definition) is 2. The Kier molecular flexibility index (Phi) is 6.41. The van der Waals surface area contributed by atoms with Crippen molar-refractivity contribution in [2.75, 3.05) is 6.54 Å². The van der Waals surface area contributed by atoms with Gasteiger partial charge in [0.25, 0.3) is 0 Å². The molecule has 0 radical (unpaired) electrons. The van der Waals surface area contributed by atoms with Crippen molar-refractivity contribution in [3.63, 3.8) is 0 Å². The molecule has 130 valence electrons. The van der Waals surface area contributed by atoms with Crippen molar-refractivity contribution in [1.29, 1.82) is 0 Å². The van der Waals surface area contributed by atoms with E-state index >= 15 is 0 Å². The molecule has 0 fully saturated rings. The van der Waals surface area contributed by atoms with Gasteiger partial charge in [-0.3, -0.25) is 0 Å². The summed E-state index contributed by atoms with van der Waals surface area (Å²) in [7, 11) is 0. The first-order valence-corrected chi connectivity index (χ1v) is 8.61. The number of nitrogens with zero attached hydrogens (tertiary/aromatic N) is 2. The van der Waals surface area contributed by atoms with E-state index in [2.05, 4.69) is 29.6 Å². The molecule has 0 aliphatic rings. The molecule has 2 rings (SSSR count). The van der Waals surface area contributed by atoms with E-state index in [1.165, 1.54) is 0 Å². The van der Waals surface area contributed by atoms with E-state index in [0.717, 1.165) is 35.5 Å². The minimum Gasteiger partial charge on any atom is -0.338 e. The van der Waals surface area contributed by atoms with Gasteiger partial charge in [0, 0.05) is 24.3 Å². The van der Waals surface area contributed by atoms with Gasteiger partial charge in [-0.15, -0.1) is 0 Å². The number of urea groups is 1. The lowest BCUT2D eigenvalue weighted by Gasteiger charge is -2.09. The Morgan fingerprint density at radius 1 is 1.17 bits per heavy atom. The Labute approximate surface area is 144 Å². The zero-order valence-electron chi connectivity index (χ0n) is 15.1. The maximum atomic E-state index is 11.9. The van der Waals surface area contributed by atoms with Crippen molar-refractivity contribution in [3.8, 4) is 5.69 Å². The van der Waals surface area contributed by atoms with Gasteiger partial charge in [0.2, 0.25) is 0 Å². The number of carbonyl (C=O) groups is 1. The van der Waals surface area contributed by atoms with Crippen LogP contribution in [0, 0.1) is 19.8 Å². The van der Waals surface area contributed by atoms with Gasteiger partial charge in [0.1, 0.15) is 0 Å². The van der Waals surface area contributed by atoms with E-state index in [9.17, 15) is 4.79 Å². The molecule has 0 aliphatic heterocycles. The Balaban J connectivity index is 1.91. The molecule has 5 nitrogen and oxygen atoms in total. The monoisotopic (exact) mass is 328 g/mol. The molecule has 1 aromatic carbocycles. The highest BCUT2D eigenvalue weighted by molar-refractivity contribution is 5.73. The van der Waals surface area contributed by atoms with Gasteiger partial charge < -0.3 is 10.6 Å². The van der Waals surface area contributed by atoms with Crippen molar-refractivity contribution in [2.24, 2.45) is 5.92 Å². The Morgan fingerprint density at radius 3 is 2.54 bits per heavy atom. The fraction of sp³-hybridized carbons (Fsp3) is 0.474. The van der Waals surface area contributed by atoms with Gasteiger partial charge in [0.05, 0.1) is 11.4 Å². The molecule has 2 amide bonds. The molecular weight excluding hydrogens is 300 g/mol. The molecule has 0 atom stereocenters. The number of para-hydroxylation sites is 1. The van der Waals surface area contributed by atoms with Crippen molar-refractivity contribution in [2.45, 2.75) is 47.1 Å². The summed E-state index contributed by atoms with van der Waals surface area (Å²) in [5.41, 5.74) is 4.09. The number of benzene rings is 1. The number of carbonyl (C=O) groups excluding carboxylic acids is 1. The summed E-state index contributed by atoms with van der Waals surface area (Å²) in [6.07, 6.45) is 2.14. The highest BCUT2D eigenvalue weighted by Gasteiger charge is 2.13. The number of aryl methyl sites for hydroxylation is 1. The summed E-state index contributed by atoms with van der Waals surface area (Å²) in [5, 5.41) is 10.4. The molecular formula is C19H28N4O. The van der Waals surface area contributed by atoms with Gasteiger partial charge in [0.15, 0.2) is 0 Å². The summed E-state index contributed by atoms with van der Waals surface area (Å²) >= 11 is 0. The molecule has 0 spiro atoms. The Morgan fingerprint density at radius 2 is 1.88 bits per heavy atom. The minimum absolute atomic E-state index is 0.120. The molecule has 5 heteroatoms. The number of nitrogens with one attached hydrogen (secondary N) is 2. The molecule has 2 aromatic rings. The molecule has 1 aromatic heterocycles. The first-order chi connectivity index (χ1) is 11.5. The predicted octanol–water partition coefficient (Wildman–Crippen LogP) is 3.72. The standard InChI is InChI=1S/C19H28N4O/c1-14(2)9-8-12-20-19(24)21-13-18-15(3)22-23(16(18)4)17-10-6-5-7-11-17/h5-7,10-11,14H,8-9,12-13H2,1-4H3,(H2,20,21,24). The zero-order chi connectivity index (χ0) is 17.5. The molecule has 1 heterocycles. The summed E-state index contributed by atoms with van der Waals surface area (Å²) in [4.78, 5) is 11.9. The van der Waals surface area contributed by atoms with Gasteiger partial charge in [-0.1, -0.05) is 32.0 Å². The third kappa shape index (κ3) is 4.85. The minimum atomic E-state index is -0.120. The third-order valence-electron chi connectivity index (χ3n) is 4.11. The van der Waals surface area contributed by atoms with Crippen LogP contribution in [0.2, 0.25) is 0 Å². The SMILES string of the molecule is Cc1nn(-c2ccccc2)c(C)c1CNC(=O)NCCCC(C)C. The van der Waals surface area contributed by atoms with Crippen molar-refractivity contribution in [1.82, 2.24) is 20.4 Å². The van der Waals surface area contributed by atoms with Crippen molar-refractivity contribution in [3.05, 3.63) is 47.3 Å². The maximum Gasteiger partial charge on any atom is 0.315 e. The largest absolute Gasteiger partial charge is 0.338 e. The average molecular weight is 328 g/mol. The van der Waals surface area contributed by atoms with Crippen LogP contribution >= 0.6 is 0 Å². The van der Waals surface area contributed by atoms with E-state index in [4.69, 9.17) is 0 Å². The lowest BCUT2D eigenvalue weighted by atomic mass is 10.1. The Hall–Kier alpha value is -2.30. The molecule has 0 unspecified atom stereocenters. The predicted molar refractivity (Wildman–Crippen MR) is 97.3 cm³/mol. The third-order valence-corrected chi connectivity index (χ3v) is 4.11. The second-order valence-electron chi connectivity index (χ2n) is 6.54. The summed E-state index contributed by atoms with van der Waals surface area (Å²) < 4.78 is 1.92. The normalized spacial score (nSPS) is 10.9. The van der Waals surface area contributed by atoms with Gasteiger partial charge >= 0.3 is 6.03 Å². The van der Waals surface area contributed by atoms with E-state index in [-0.39, 0.29) is 6.03 Å². The highest BCUT2D eigenvalue weighted by atomic mass is 16.2. The molecule has 0 saturated carbocycles. The van der Waals surface area contributed by atoms with Gasteiger partial charge in [-0.25, -0.2) is 9.48 Å². The van der Waals surface area contributed by atoms with Crippen molar-refractivity contribution < 1.29 is 4.79 Å². The maximum absolute atomic E-state index is 11.9. The summed E-state index contributed by atoms with van der Waals surface area (Å²) in [6, 6.07) is 9.91. The van der Waals surface area contributed by atoms with Crippen LogP contribution in [0.4, 0.5) is 4.79 Å².